The fourth-order valence-electron chi connectivity index (χ4n) is 1.92. The van der Waals surface area contributed by atoms with Crippen LogP contribution in [0, 0.1) is 11.6 Å². The molecule has 0 aliphatic rings. The van der Waals surface area contributed by atoms with E-state index in [9.17, 15) is 8.78 Å². The first kappa shape index (κ1) is 14.0. The molecule has 19 heavy (non-hydrogen) atoms. The Morgan fingerprint density at radius 1 is 1.05 bits per heavy atom. The highest BCUT2D eigenvalue weighted by molar-refractivity contribution is 6.30. The van der Waals surface area contributed by atoms with Crippen molar-refractivity contribution < 1.29 is 8.78 Å². The Kier molecular flexibility index (Phi) is 4.51. The molecule has 0 bridgehead atoms. The number of hydrogen-bond acceptors (Lipinski definition) is 1. The van der Waals surface area contributed by atoms with Crippen LogP contribution in [0.1, 0.15) is 12.5 Å². The summed E-state index contributed by atoms with van der Waals surface area (Å²) in [5, 5.41) is 3.48. The highest BCUT2D eigenvalue weighted by Crippen LogP contribution is 2.29. The fraction of sp³-hybridized carbons (Fsp3) is 0.200. The van der Waals surface area contributed by atoms with Crippen molar-refractivity contribution in [1.82, 2.24) is 5.32 Å². The molecule has 0 aliphatic carbocycles. The van der Waals surface area contributed by atoms with Gasteiger partial charge in [-0.3, -0.25) is 0 Å². The van der Waals surface area contributed by atoms with Gasteiger partial charge in [-0.05, 0) is 48.0 Å². The fourth-order valence-corrected chi connectivity index (χ4v) is 2.08. The van der Waals surface area contributed by atoms with Gasteiger partial charge in [-0.25, -0.2) is 8.78 Å². The summed E-state index contributed by atoms with van der Waals surface area (Å²) in [4.78, 5) is 0. The zero-order chi connectivity index (χ0) is 13.8. The van der Waals surface area contributed by atoms with Gasteiger partial charge in [-0.15, -0.1) is 0 Å². The molecule has 2 aromatic carbocycles. The summed E-state index contributed by atoms with van der Waals surface area (Å²) in [6, 6.07) is 8.80. The number of hydrogen-bond donors (Lipinski definition) is 1. The summed E-state index contributed by atoms with van der Waals surface area (Å²) in [5.41, 5.74) is 1.76. The van der Waals surface area contributed by atoms with E-state index in [0.29, 0.717) is 22.7 Å². The van der Waals surface area contributed by atoms with Crippen LogP contribution in [0.2, 0.25) is 5.02 Å². The van der Waals surface area contributed by atoms with Crippen LogP contribution < -0.4 is 5.32 Å². The predicted octanol–water partition coefficient (Wildman–Crippen LogP) is 4.39. The topological polar surface area (TPSA) is 12.0 Å². The van der Waals surface area contributed by atoms with Gasteiger partial charge in [-0.1, -0.05) is 24.6 Å². The van der Waals surface area contributed by atoms with Crippen molar-refractivity contribution in [2.75, 3.05) is 6.54 Å². The summed E-state index contributed by atoms with van der Waals surface area (Å²) >= 11 is 5.73. The highest BCUT2D eigenvalue weighted by Gasteiger charge is 2.11. The third-order valence-corrected chi connectivity index (χ3v) is 3.09. The van der Waals surface area contributed by atoms with E-state index in [-0.39, 0.29) is 5.82 Å². The van der Waals surface area contributed by atoms with Crippen LogP contribution in [0.4, 0.5) is 8.78 Å². The first-order valence-corrected chi connectivity index (χ1v) is 6.44. The molecule has 0 radical (unpaired) electrons. The standard InChI is InChI=1S/C15H14ClF2N/c1-2-19-9-10-3-5-12(17)8-14(10)13-6-4-11(16)7-15(13)18/h3-8,19H,2,9H2,1H3. The summed E-state index contributed by atoms with van der Waals surface area (Å²) < 4.78 is 27.3. The van der Waals surface area contributed by atoms with E-state index in [2.05, 4.69) is 5.32 Å². The Morgan fingerprint density at radius 2 is 1.84 bits per heavy atom. The van der Waals surface area contributed by atoms with E-state index in [1.165, 1.54) is 18.2 Å². The van der Waals surface area contributed by atoms with Crippen molar-refractivity contribution in [3.8, 4) is 11.1 Å². The molecule has 0 unspecified atom stereocenters. The van der Waals surface area contributed by atoms with E-state index in [4.69, 9.17) is 11.6 Å². The van der Waals surface area contributed by atoms with E-state index in [1.54, 1.807) is 18.2 Å². The van der Waals surface area contributed by atoms with Gasteiger partial charge in [0.25, 0.3) is 0 Å². The Labute approximate surface area is 116 Å². The van der Waals surface area contributed by atoms with E-state index < -0.39 is 5.82 Å². The second-order valence-corrected chi connectivity index (χ2v) is 4.64. The number of rotatable bonds is 4. The predicted molar refractivity (Wildman–Crippen MR) is 74.2 cm³/mol. The first-order valence-electron chi connectivity index (χ1n) is 6.06. The molecular formula is C15H14ClF2N. The molecule has 0 spiro atoms. The Morgan fingerprint density at radius 3 is 2.53 bits per heavy atom. The van der Waals surface area contributed by atoms with Crippen molar-refractivity contribution in [2.24, 2.45) is 0 Å². The van der Waals surface area contributed by atoms with Gasteiger partial charge < -0.3 is 5.32 Å². The maximum atomic E-state index is 13.9. The van der Waals surface area contributed by atoms with Gasteiger partial charge in [0.2, 0.25) is 0 Å². The molecule has 2 aromatic rings. The van der Waals surface area contributed by atoms with Gasteiger partial charge in [0.15, 0.2) is 0 Å². The summed E-state index contributed by atoms with van der Waals surface area (Å²) in [7, 11) is 0. The smallest absolute Gasteiger partial charge is 0.132 e. The molecule has 100 valence electrons. The number of halogens is 3. The molecule has 0 heterocycles. The lowest BCUT2D eigenvalue weighted by atomic mass is 9.99. The molecular weight excluding hydrogens is 268 g/mol. The van der Waals surface area contributed by atoms with Crippen molar-refractivity contribution in [3.63, 3.8) is 0 Å². The second-order valence-electron chi connectivity index (χ2n) is 4.21. The Balaban J connectivity index is 2.49. The van der Waals surface area contributed by atoms with Gasteiger partial charge >= 0.3 is 0 Å². The molecule has 0 saturated carbocycles. The molecule has 0 amide bonds. The van der Waals surface area contributed by atoms with E-state index in [1.807, 2.05) is 6.92 Å². The van der Waals surface area contributed by atoms with Crippen LogP contribution in [-0.2, 0) is 6.54 Å². The SMILES string of the molecule is CCNCc1ccc(F)cc1-c1ccc(Cl)cc1F. The monoisotopic (exact) mass is 281 g/mol. The lowest BCUT2D eigenvalue weighted by Crippen LogP contribution is -2.12. The Hall–Kier alpha value is -1.45. The molecule has 1 nitrogen and oxygen atoms in total. The van der Waals surface area contributed by atoms with Crippen LogP contribution in [0.15, 0.2) is 36.4 Å². The molecule has 0 aliphatic heterocycles. The maximum Gasteiger partial charge on any atom is 0.132 e. The maximum absolute atomic E-state index is 13.9. The van der Waals surface area contributed by atoms with Gasteiger partial charge in [0.05, 0.1) is 0 Å². The lowest BCUT2D eigenvalue weighted by Gasteiger charge is -2.11. The van der Waals surface area contributed by atoms with Crippen molar-refractivity contribution in [3.05, 3.63) is 58.6 Å². The Bertz CT molecular complexity index is 584. The van der Waals surface area contributed by atoms with Crippen molar-refractivity contribution in [2.45, 2.75) is 13.5 Å². The normalized spacial score (nSPS) is 10.7. The molecule has 0 aromatic heterocycles. The zero-order valence-electron chi connectivity index (χ0n) is 10.5. The minimum absolute atomic E-state index is 0.325. The quantitative estimate of drug-likeness (QED) is 0.876. The molecule has 1 N–H and O–H groups in total. The minimum atomic E-state index is -0.448. The summed E-state index contributed by atoms with van der Waals surface area (Å²) in [6.07, 6.45) is 0. The van der Waals surface area contributed by atoms with E-state index >= 15 is 0 Å². The molecule has 0 atom stereocenters. The van der Waals surface area contributed by atoms with Gasteiger partial charge in [0, 0.05) is 17.1 Å². The minimum Gasteiger partial charge on any atom is -0.313 e. The first-order chi connectivity index (χ1) is 9.11. The zero-order valence-corrected chi connectivity index (χ0v) is 11.3. The van der Waals surface area contributed by atoms with E-state index in [0.717, 1.165) is 12.1 Å². The average molecular weight is 282 g/mol. The van der Waals surface area contributed by atoms with Gasteiger partial charge in [0.1, 0.15) is 11.6 Å². The molecule has 2 rings (SSSR count). The van der Waals surface area contributed by atoms with Crippen molar-refractivity contribution >= 4 is 11.6 Å². The van der Waals surface area contributed by atoms with Crippen LogP contribution >= 0.6 is 11.6 Å². The number of benzene rings is 2. The average Bonchev–Trinajstić information content (AvgIpc) is 2.37. The largest absolute Gasteiger partial charge is 0.313 e. The van der Waals surface area contributed by atoms with Crippen molar-refractivity contribution in [1.29, 1.82) is 0 Å². The highest BCUT2D eigenvalue weighted by atomic mass is 35.5. The third-order valence-electron chi connectivity index (χ3n) is 2.86. The van der Waals surface area contributed by atoms with Crippen LogP contribution in [0.3, 0.4) is 0 Å². The summed E-state index contributed by atoms with van der Waals surface area (Å²) in [6.45, 7) is 3.33. The third kappa shape index (κ3) is 3.31. The van der Waals surface area contributed by atoms with Crippen LogP contribution in [-0.4, -0.2) is 6.54 Å². The second kappa shape index (κ2) is 6.13. The van der Waals surface area contributed by atoms with Crippen LogP contribution in [0.5, 0.6) is 0 Å². The lowest BCUT2D eigenvalue weighted by molar-refractivity contribution is 0.622. The molecule has 4 heteroatoms. The van der Waals surface area contributed by atoms with Crippen LogP contribution in [0.25, 0.3) is 11.1 Å². The van der Waals surface area contributed by atoms with Gasteiger partial charge in [-0.2, -0.15) is 0 Å². The molecule has 0 fully saturated rings. The molecule has 0 saturated heterocycles. The summed E-state index contributed by atoms with van der Waals surface area (Å²) in [5.74, 6) is -0.833. The number of nitrogens with one attached hydrogen (secondary N) is 1.